The summed E-state index contributed by atoms with van der Waals surface area (Å²) < 4.78 is 5.04. The average molecular weight is 300 g/mol. The van der Waals surface area contributed by atoms with E-state index in [4.69, 9.17) is 16.3 Å². The van der Waals surface area contributed by atoms with E-state index in [0.29, 0.717) is 17.4 Å². The molecule has 3 rings (SSSR count). The molecule has 1 aromatic carbocycles. The topological polar surface area (TPSA) is 47.0 Å². The molecule has 2 heterocycles. The largest absolute Gasteiger partial charge is 0.481 e. The molecule has 0 aliphatic carbocycles. The molecule has 0 amide bonds. The summed E-state index contributed by atoms with van der Waals surface area (Å²) in [7, 11) is 1.60. The van der Waals surface area contributed by atoms with Crippen LogP contribution < -0.4 is 10.1 Å². The Balaban J connectivity index is 1.83. The van der Waals surface area contributed by atoms with E-state index in [1.807, 2.05) is 36.4 Å². The monoisotopic (exact) mass is 299 g/mol. The molecule has 0 atom stereocenters. The van der Waals surface area contributed by atoms with Gasteiger partial charge in [-0.15, -0.1) is 0 Å². The highest BCUT2D eigenvalue weighted by Gasteiger charge is 2.05. The number of ether oxygens (including phenoxy) is 1. The molecule has 2 aromatic heterocycles. The summed E-state index contributed by atoms with van der Waals surface area (Å²) in [6.07, 6.45) is 3.52. The molecule has 21 heavy (non-hydrogen) atoms. The average Bonchev–Trinajstić information content (AvgIpc) is 2.55. The van der Waals surface area contributed by atoms with Crippen LogP contribution in [0.5, 0.6) is 5.88 Å². The van der Waals surface area contributed by atoms with Crippen molar-refractivity contribution in [3.05, 3.63) is 59.4 Å². The first-order chi connectivity index (χ1) is 10.3. The van der Waals surface area contributed by atoms with Crippen LogP contribution in [0, 0.1) is 0 Å². The van der Waals surface area contributed by atoms with E-state index >= 15 is 0 Å². The van der Waals surface area contributed by atoms with Crippen LogP contribution in [-0.4, -0.2) is 17.1 Å². The second-order valence-corrected chi connectivity index (χ2v) is 4.96. The van der Waals surface area contributed by atoms with Gasteiger partial charge in [0.1, 0.15) is 0 Å². The number of rotatable bonds is 4. The van der Waals surface area contributed by atoms with Crippen molar-refractivity contribution in [1.29, 1.82) is 0 Å². The van der Waals surface area contributed by atoms with E-state index in [1.165, 1.54) is 0 Å². The van der Waals surface area contributed by atoms with Crippen molar-refractivity contribution in [2.24, 2.45) is 0 Å². The van der Waals surface area contributed by atoms with Crippen molar-refractivity contribution < 1.29 is 4.74 Å². The number of aromatic nitrogens is 2. The second-order valence-electron chi connectivity index (χ2n) is 4.55. The summed E-state index contributed by atoms with van der Waals surface area (Å²) in [6.45, 7) is 0.651. The maximum atomic E-state index is 6.20. The van der Waals surface area contributed by atoms with Crippen molar-refractivity contribution >= 4 is 28.2 Å². The number of pyridine rings is 2. The van der Waals surface area contributed by atoms with Crippen molar-refractivity contribution in [3.63, 3.8) is 0 Å². The van der Waals surface area contributed by atoms with Crippen molar-refractivity contribution in [3.8, 4) is 5.88 Å². The minimum Gasteiger partial charge on any atom is -0.481 e. The predicted molar refractivity (Wildman–Crippen MR) is 84.9 cm³/mol. The smallest absolute Gasteiger partial charge is 0.213 e. The van der Waals surface area contributed by atoms with Gasteiger partial charge in [0.05, 0.1) is 24.5 Å². The molecule has 0 saturated heterocycles. The summed E-state index contributed by atoms with van der Waals surface area (Å²) >= 11 is 6.20. The van der Waals surface area contributed by atoms with Gasteiger partial charge < -0.3 is 10.1 Å². The summed E-state index contributed by atoms with van der Waals surface area (Å²) in [6, 6.07) is 11.5. The third-order valence-electron chi connectivity index (χ3n) is 3.23. The second kappa shape index (κ2) is 5.97. The zero-order chi connectivity index (χ0) is 14.7. The quantitative estimate of drug-likeness (QED) is 0.793. The maximum Gasteiger partial charge on any atom is 0.213 e. The van der Waals surface area contributed by atoms with E-state index in [1.54, 1.807) is 19.5 Å². The predicted octanol–water partition coefficient (Wildman–Crippen LogP) is 3.90. The van der Waals surface area contributed by atoms with Gasteiger partial charge in [-0.25, -0.2) is 4.98 Å². The molecular weight excluding hydrogens is 286 g/mol. The Bertz CT molecular complexity index is 759. The highest BCUT2D eigenvalue weighted by molar-refractivity contribution is 6.35. The standard InChI is InChI=1S/C16H14ClN3O/c1-21-15-7-5-12(10-20-15)19-9-11-4-6-14(17)13-3-2-8-18-16(11)13/h2-8,10,19H,9H2,1H3. The Hall–Kier alpha value is -2.33. The molecule has 0 spiro atoms. The lowest BCUT2D eigenvalue weighted by Crippen LogP contribution is -2.01. The molecule has 0 fully saturated rings. The molecule has 0 radical (unpaired) electrons. The number of nitrogens with one attached hydrogen (secondary N) is 1. The first-order valence-corrected chi connectivity index (χ1v) is 6.92. The maximum absolute atomic E-state index is 6.20. The van der Waals surface area contributed by atoms with Crippen LogP contribution in [0.4, 0.5) is 5.69 Å². The van der Waals surface area contributed by atoms with Gasteiger partial charge in [0.15, 0.2) is 0 Å². The first kappa shape index (κ1) is 13.6. The molecule has 0 saturated carbocycles. The summed E-state index contributed by atoms with van der Waals surface area (Å²) in [4.78, 5) is 8.59. The van der Waals surface area contributed by atoms with E-state index in [2.05, 4.69) is 15.3 Å². The Morgan fingerprint density at radius 3 is 2.81 bits per heavy atom. The Morgan fingerprint density at radius 2 is 2.05 bits per heavy atom. The number of methoxy groups -OCH3 is 1. The highest BCUT2D eigenvalue weighted by Crippen LogP contribution is 2.25. The molecule has 0 unspecified atom stereocenters. The van der Waals surface area contributed by atoms with Gasteiger partial charge in [0, 0.05) is 29.2 Å². The molecule has 0 aliphatic rings. The van der Waals surface area contributed by atoms with Crippen LogP contribution in [0.25, 0.3) is 10.9 Å². The minimum atomic E-state index is 0.596. The molecule has 0 aliphatic heterocycles. The van der Waals surface area contributed by atoms with Gasteiger partial charge >= 0.3 is 0 Å². The Labute approximate surface area is 127 Å². The lowest BCUT2D eigenvalue weighted by atomic mass is 10.1. The fraction of sp³-hybridized carbons (Fsp3) is 0.125. The Morgan fingerprint density at radius 1 is 1.14 bits per heavy atom. The molecule has 5 heteroatoms. The van der Waals surface area contributed by atoms with E-state index in [9.17, 15) is 0 Å². The van der Waals surface area contributed by atoms with Gasteiger partial charge in [-0.2, -0.15) is 0 Å². The van der Waals surface area contributed by atoms with Gasteiger partial charge in [-0.1, -0.05) is 17.7 Å². The van der Waals surface area contributed by atoms with Crippen molar-refractivity contribution in [2.75, 3.05) is 12.4 Å². The fourth-order valence-corrected chi connectivity index (χ4v) is 2.36. The number of benzene rings is 1. The van der Waals surface area contributed by atoms with Crippen LogP contribution in [0.1, 0.15) is 5.56 Å². The van der Waals surface area contributed by atoms with Gasteiger partial charge in [-0.05, 0) is 29.8 Å². The van der Waals surface area contributed by atoms with Crippen LogP contribution in [0.2, 0.25) is 5.02 Å². The SMILES string of the molecule is COc1ccc(NCc2ccc(Cl)c3cccnc23)cn1. The number of nitrogens with zero attached hydrogens (tertiary/aromatic N) is 2. The number of hydrogen-bond donors (Lipinski definition) is 1. The third-order valence-corrected chi connectivity index (χ3v) is 3.56. The lowest BCUT2D eigenvalue weighted by Gasteiger charge is -2.09. The number of anilines is 1. The normalized spacial score (nSPS) is 10.6. The molecule has 0 bridgehead atoms. The molecule has 3 aromatic rings. The van der Waals surface area contributed by atoms with Crippen LogP contribution in [-0.2, 0) is 6.54 Å². The molecule has 106 valence electrons. The third kappa shape index (κ3) is 2.90. The van der Waals surface area contributed by atoms with Crippen LogP contribution in [0.3, 0.4) is 0 Å². The van der Waals surface area contributed by atoms with E-state index < -0.39 is 0 Å². The zero-order valence-electron chi connectivity index (χ0n) is 11.5. The van der Waals surface area contributed by atoms with Crippen LogP contribution in [0.15, 0.2) is 48.8 Å². The highest BCUT2D eigenvalue weighted by atomic mass is 35.5. The number of fused-ring (bicyclic) bond motifs is 1. The fourth-order valence-electron chi connectivity index (χ4n) is 2.14. The molecular formula is C16H14ClN3O. The van der Waals surface area contributed by atoms with Gasteiger partial charge in [0.25, 0.3) is 0 Å². The first-order valence-electron chi connectivity index (χ1n) is 6.54. The van der Waals surface area contributed by atoms with Crippen LogP contribution >= 0.6 is 11.6 Å². The van der Waals surface area contributed by atoms with Gasteiger partial charge in [-0.3, -0.25) is 4.98 Å². The van der Waals surface area contributed by atoms with E-state index in [-0.39, 0.29) is 0 Å². The van der Waals surface area contributed by atoms with E-state index in [0.717, 1.165) is 22.2 Å². The molecule has 1 N–H and O–H groups in total. The summed E-state index contributed by atoms with van der Waals surface area (Å²) in [5.41, 5.74) is 2.93. The summed E-state index contributed by atoms with van der Waals surface area (Å²) in [5.74, 6) is 0.596. The Kier molecular flexibility index (Phi) is 3.88. The number of halogens is 1. The zero-order valence-corrected chi connectivity index (χ0v) is 12.3. The lowest BCUT2D eigenvalue weighted by molar-refractivity contribution is 0.398. The summed E-state index contributed by atoms with van der Waals surface area (Å²) in [5, 5.41) is 5.00. The molecule has 4 nitrogen and oxygen atoms in total. The minimum absolute atomic E-state index is 0.596. The van der Waals surface area contributed by atoms with Crippen molar-refractivity contribution in [1.82, 2.24) is 9.97 Å². The van der Waals surface area contributed by atoms with Gasteiger partial charge in [0.2, 0.25) is 5.88 Å². The van der Waals surface area contributed by atoms with Crippen molar-refractivity contribution in [2.45, 2.75) is 6.54 Å². The number of hydrogen-bond acceptors (Lipinski definition) is 4.